The molecule has 0 saturated heterocycles. The number of benzene rings is 2. The predicted octanol–water partition coefficient (Wildman–Crippen LogP) is 2.75. The van der Waals surface area contributed by atoms with Gasteiger partial charge in [-0.1, -0.05) is 49.4 Å². The number of aliphatic carboxylic acids is 1. The van der Waals surface area contributed by atoms with E-state index in [2.05, 4.69) is 5.32 Å². The Morgan fingerprint density at radius 2 is 1.71 bits per heavy atom. The molecule has 2 aromatic carbocycles. The smallest absolute Gasteiger partial charge is 0.411 e. The maximum atomic E-state index is 11.8. The third kappa shape index (κ3) is 5.76. The summed E-state index contributed by atoms with van der Waals surface area (Å²) in [4.78, 5) is 22.4. The van der Waals surface area contributed by atoms with Gasteiger partial charge in [0.25, 0.3) is 0 Å². The molecule has 24 heavy (non-hydrogen) atoms. The number of hydrogen-bond donors (Lipinski definition) is 1. The van der Waals surface area contributed by atoms with Crippen LogP contribution >= 0.6 is 0 Å². The van der Waals surface area contributed by atoms with Gasteiger partial charge in [0.05, 0.1) is 0 Å². The van der Waals surface area contributed by atoms with Crippen LogP contribution in [0.15, 0.2) is 54.6 Å². The fraction of sp³-hybridized carbons (Fsp3) is 0.263. The van der Waals surface area contributed by atoms with Crippen molar-refractivity contribution in [3.8, 4) is 0 Å². The molecule has 0 aliphatic heterocycles. The van der Waals surface area contributed by atoms with Crippen molar-refractivity contribution < 1.29 is 19.4 Å². The Morgan fingerprint density at radius 1 is 1.04 bits per heavy atom. The lowest BCUT2D eigenvalue weighted by molar-refractivity contribution is -0.311. The summed E-state index contributed by atoms with van der Waals surface area (Å²) in [7, 11) is 0. The molecule has 0 spiro atoms. The highest BCUT2D eigenvalue weighted by molar-refractivity contribution is 5.84. The van der Waals surface area contributed by atoms with E-state index in [0.29, 0.717) is 18.5 Å². The molecule has 0 aliphatic rings. The molecule has 0 aliphatic carbocycles. The molecule has 2 rings (SSSR count). The lowest BCUT2D eigenvalue weighted by Crippen LogP contribution is -2.29. The first-order valence-electron chi connectivity index (χ1n) is 7.82. The van der Waals surface area contributed by atoms with Crippen LogP contribution in [0.5, 0.6) is 0 Å². The number of nitrogens with one attached hydrogen (secondary N) is 1. The third-order valence-electron chi connectivity index (χ3n) is 3.68. The highest BCUT2D eigenvalue weighted by Gasteiger charge is 2.06. The number of aryl methyl sites for hydroxylation is 1. The minimum absolute atomic E-state index is 0.214. The predicted molar refractivity (Wildman–Crippen MR) is 89.2 cm³/mol. The largest absolute Gasteiger partial charge is 0.550 e. The minimum atomic E-state index is -1.03. The van der Waals surface area contributed by atoms with E-state index in [0.717, 1.165) is 11.1 Å². The van der Waals surface area contributed by atoms with Crippen LogP contribution in [0.2, 0.25) is 0 Å². The molecule has 126 valence electrons. The second-order valence-electron chi connectivity index (χ2n) is 5.64. The molecule has 1 N–H and O–H groups in total. The van der Waals surface area contributed by atoms with Crippen LogP contribution in [0.25, 0.3) is 0 Å². The Bertz CT molecular complexity index is 668. The van der Waals surface area contributed by atoms with Gasteiger partial charge in [-0.2, -0.15) is 0 Å². The van der Waals surface area contributed by atoms with Gasteiger partial charge in [0.1, 0.15) is 6.61 Å². The summed E-state index contributed by atoms with van der Waals surface area (Å²) in [6, 6.07) is 16.7. The van der Waals surface area contributed by atoms with Crippen LogP contribution in [0.1, 0.15) is 24.5 Å². The van der Waals surface area contributed by atoms with Crippen LogP contribution in [0.4, 0.5) is 10.5 Å². The van der Waals surface area contributed by atoms with Crippen LogP contribution < -0.4 is 10.4 Å². The van der Waals surface area contributed by atoms with Gasteiger partial charge in [0.15, 0.2) is 0 Å². The van der Waals surface area contributed by atoms with Gasteiger partial charge in [-0.05, 0) is 42.0 Å². The van der Waals surface area contributed by atoms with E-state index < -0.39 is 18.0 Å². The molecule has 0 heterocycles. The molecule has 2 aromatic rings. The summed E-state index contributed by atoms with van der Waals surface area (Å²) in [5.74, 6) is -1.51. The van der Waals surface area contributed by atoms with Gasteiger partial charge >= 0.3 is 6.09 Å². The molecular formula is C19H20NO4-. The number of anilines is 1. The molecule has 1 atom stereocenters. The second kappa shape index (κ2) is 8.72. The molecular weight excluding hydrogens is 306 g/mol. The molecule has 5 heteroatoms. The van der Waals surface area contributed by atoms with Gasteiger partial charge in [-0.3, -0.25) is 5.32 Å². The number of carbonyl (C=O) groups is 2. The minimum Gasteiger partial charge on any atom is -0.550 e. The van der Waals surface area contributed by atoms with E-state index in [-0.39, 0.29) is 6.61 Å². The van der Waals surface area contributed by atoms with Gasteiger partial charge in [0, 0.05) is 11.7 Å². The summed E-state index contributed by atoms with van der Waals surface area (Å²) in [5, 5.41) is 13.3. The lowest BCUT2D eigenvalue weighted by atomic mass is 10.0. The average Bonchev–Trinajstić information content (AvgIpc) is 2.60. The Balaban J connectivity index is 1.78. The standard InChI is InChI=1S/C19H21NO4/c1-14(18(21)22)7-8-15-9-11-17(12-10-15)20-19(23)24-13-16-5-3-2-4-6-16/h2-6,9-12,14H,7-8,13H2,1H3,(H,20,23)(H,21,22)/p-1. The van der Waals surface area contributed by atoms with Crippen LogP contribution in [0.3, 0.4) is 0 Å². The summed E-state index contributed by atoms with van der Waals surface area (Å²) in [5.41, 5.74) is 2.56. The summed E-state index contributed by atoms with van der Waals surface area (Å²) >= 11 is 0. The Morgan fingerprint density at radius 3 is 2.33 bits per heavy atom. The maximum Gasteiger partial charge on any atom is 0.411 e. The lowest BCUT2D eigenvalue weighted by Gasteiger charge is -2.12. The number of rotatable bonds is 7. The van der Waals surface area contributed by atoms with E-state index in [1.807, 2.05) is 42.5 Å². The molecule has 0 radical (unpaired) electrons. The topological polar surface area (TPSA) is 78.5 Å². The molecule has 0 aromatic heterocycles. The monoisotopic (exact) mass is 326 g/mol. The van der Waals surface area contributed by atoms with Crippen molar-refractivity contribution in [2.75, 3.05) is 5.32 Å². The highest BCUT2D eigenvalue weighted by atomic mass is 16.5. The SMILES string of the molecule is CC(CCc1ccc(NC(=O)OCc2ccccc2)cc1)C(=O)[O-]. The van der Waals surface area contributed by atoms with Gasteiger partial charge in [-0.15, -0.1) is 0 Å². The van der Waals surface area contributed by atoms with Crippen molar-refractivity contribution >= 4 is 17.7 Å². The highest BCUT2D eigenvalue weighted by Crippen LogP contribution is 2.14. The summed E-state index contributed by atoms with van der Waals surface area (Å²) < 4.78 is 5.15. The van der Waals surface area contributed by atoms with E-state index >= 15 is 0 Å². The van der Waals surface area contributed by atoms with Crippen molar-refractivity contribution in [1.29, 1.82) is 0 Å². The van der Waals surface area contributed by atoms with E-state index in [9.17, 15) is 14.7 Å². The molecule has 0 fully saturated rings. The first-order valence-corrected chi connectivity index (χ1v) is 7.82. The number of amides is 1. The number of carboxylic acids is 1. The van der Waals surface area contributed by atoms with E-state index in [4.69, 9.17) is 4.74 Å². The van der Waals surface area contributed by atoms with Crippen molar-refractivity contribution in [3.05, 3.63) is 65.7 Å². The van der Waals surface area contributed by atoms with Gasteiger partial charge < -0.3 is 14.6 Å². The number of carboxylic acid groups (broad SMARTS) is 1. The number of carbonyl (C=O) groups excluding carboxylic acids is 2. The third-order valence-corrected chi connectivity index (χ3v) is 3.68. The second-order valence-corrected chi connectivity index (χ2v) is 5.64. The fourth-order valence-electron chi connectivity index (χ4n) is 2.13. The summed E-state index contributed by atoms with van der Waals surface area (Å²) in [6.45, 7) is 1.85. The summed E-state index contributed by atoms with van der Waals surface area (Å²) in [6.07, 6.45) is 0.652. The zero-order valence-corrected chi connectivity index (χ0v) is 13.5. The maximum absolute atomic E-state index is 11.8. The van der Waals surface area contributed by atoms with E-state index in [1.54, 1.807) is 19.1 Å². The van der Waals surface area contributed by atoms with Crippen LogP contribution in [-0.2, 0) is 22.6 Å². The van der Waals surface area contributed by atoms with Crippen molar-refractivity contribution in [3.63, 3.8) is 0 Å². The molecule has 5 nitrogen and oxygen atoms in total. The Kier molecular flexibility index (Phi) is 6.37. The molecule has 1 amide bonds. The Hall–Kier alpha value is -2.82. The van der Waals surface area contributed by atoms with Crippen molar-refractivity contribution in [1.82, 2.24) is 0 Å². The van der Waals surface area contributed by atoms with Gasteiger partial charge in [-0.25, -0.2) is 4.79 Å². The Labute approximate surface area is 141 Å². The van der Waals surface area contributed by atoms with Crippen LogP contribution in [-0.4, -0.2) is 12.1 Å². The van der Waals surface area contributed by atoms with E-state index in [1.165, 1.54) is 0 Å². The first-order chi connectivity index (χ1) is 11.5. The molecule has 0 bridgehead atoms. The zero-order valence-electron chi connectivity index (χ0n) is 13.5. The normalized spacial score (nSPS) is 11.5. The number of hydrogen-bond acceptors (Lipinski definition) is 4. The van der Waals surface area contributed by atoms with Crippen LogP contribution in [0, 0.1) is 5.92 Å². The first kappa shape index (κ1) is 17.5. The molecule has 1 unspecified atom stereocenters. The van der Waals surface area contributed by atoms with Crippen molar-refractivity contribution in [2.45, 2.75) is 26.4 Å². The molecule has 0 saturated carbocycles. The average molecular weight is 326 g/mol. The quantitative estimate of drug-likeness (QED) is 0.848. The van der Waals surface area contributed by atoms with Crippen molar-refractivity contribution in [2.24, 2.45) is 5.92 Å². The zero-order chi connectivity index (χ0) is 17.4. The number of ether oxygens (including phenoxy) is 1. The fourth-order valence-corrected chi connectivity index (χ4v) is 2.13. The van der Waals surface area contributed by atoms with Gasteiger partial charge in [0.2, 0.25) is 0 Å².